The van der Waals surface area contributed by atoms with E-state index in [4.69, 9.17) is 10.5 Å². The highest BCUT2D eigenvalue weighted by Gasteiger charge is 2.19. The van der Waals surface area contributed by atoms with Crippen LogP contribution < -0.4 is 15.8 Å². The molecule has 19 heavy (non-hydrogen) atoms. The average molecular weight is 262 g/mol. The Labute approximate surface area is 114 Å². The van der Waals surface area contributed by atoms with Crippen LogP contribution in [0.5, 0.6) is 5.75 Å². The molecule has 4 heteroatoms. The first-order valence-electron chi connectivity index (χ1n) is 6.98. The first-order valence-corrected chi connectivity index (χ1v) is 6.98. The number of amides is 1. The molecule has 3 N–H and O–H groups in total. The van der Waals surface area contributed by atoms with Gasteiger partial charge in [-0.2, -0.15) is 0 Å². The molecule has 4 nitrogen and oxygen atoms in total. The minimum Gasteiger partial charge on any atom is -0.484 e. The average Bonchev–Trinajstić information content (AvgIpc) is 2.42. The summed E-state index contributed by atoms with van der Waals surface area (Å²) in [5, 5.41) is 3.58. The van der Waals surface area contributed by atoms with Gasteiger partial charge < -0.3 is 15.8 Å². The third-order valence-corrected chi connectivity index (χ3v) is 3.45. The Balaban J connectivity index is 2.09. The van der Waals surface area contributed by atoms with Crippen LogP contribution in [0.15, 0.2) is 18.2 Å². The van der Waals surface area contributed by atoms with E-state index >= 15 is 0 Å². The van der Waals surface area contributed by atoms with E-state index in [1.807, 2.05) is 12.1 Å². The maximum absolute atomic E-state index is 10.7. The Hall–Kier alpha value is -1.55. The first-order chi connectivity index (χ1) is 9.20. The van der Waals surface area contributed by atoms with Crippen molar-refractivity contribution >= 4 is 5.91 Å². The normalized spacial score (nSPS) is 17.8. The summed E-state index contributed by atoms with van der Waals surface area (Å²) >= 11 is 0. The summed E-state index contributed by atoms with van der Waals surface area (Å²) in [7, 11) is 0. The number of primary amides is 1. The standard InChI is InChI=1S/C15H22N2O2/c1-2-8-17-14-5-3-4-11-9-12(6-7-13(11)14)19-10-15(16)18/h6-7,9,14,17H,2-5,8,10H2,1H3,(H2,16,18). The molecule has 0 heterocycles. The molecule has 0 bridgehead atoms. The number of carbonyl (C=O) groups is 1. The van der Waals surface area contributed by atoms with E-state index < -0.39 is 5.91 Å². The molecule has 1 unspecified atom stereocenters. The van der Waals surface area contributed by atoms with E-state index in [9.17, 15) is 4.79 Å². The largest absolute Gasteiger partial charge is 0.484 e. The van der Waals surface area contributed by atoms with Gasteiger partial charge in [0.2, 0.25) is 0 Å². The van der Waals surface area contributed by atoms with Crippen LogP contribution in [0.4, 0.5) is 0 Å². The number of rotatable bonds is 6. The van der Waals surface area contributed by atoms with Gasteiger partial charge in [0.05, 0.1) is 0 Å². The summed E-state index contributed by atoms with van der Waals surface area (Å²) < 4.78 is 5.35. The molecule has 104 valence electrons. The molecule has 1 aliphatic rings. The molecule has 1 atom stereocenters. The molecule has 0 saturated heterocycles. The highest BCUT2D eigenvalue weighted by atomic mass is 16.5. The fourth-order valence-electron chi connectivity index (χ4n) is 2.57. The van der Waals surface area contributed by atoms with E-state index in [1.165, 1.54) is 24.0 Å². The van der Waals surface area contributed by atoms with Crippen LogP contribution in [0, 0.1) is 0 Å². The third-order valence-electron chi connectivity index (χ3n) is 3.45. The molecule has 0 aliphatic heterocycles. The lowest BCUT2D eigenvalue weighted by Crippen LogP contribution is -2.26. The minimum absolute atomic E-state index is 0.0592. The number of aryl methyl sites for hydroxylation is 1. The number of fused-ring (bicyclic) bond motifs is 1. The smallest absolute Gasteiger partial charge is 0.255 e. The van der Waals surface area contributed by atoms with Crippen molar-refractivity contribution in [1.29, 1.82) is 0 Å². The summed E-state index contributed by atoms with van der Waals surface area (Å²) in [4.78, 5) is 10.7. The Kier molecular flexibility index (Phi) is 4.80. The van der Waals surface area contributed by atoms with Crippen LogP contribution in [0.2, 0.25) is 0 Å². The third kappa shape index (κ3) is 3.70. The summed E-state index contributed by atoms with van der Waals surface area (Å²) in [5.41, 5.74) is 7.77. The Bertz CT molecular complexity index is 446. The van der Waals surface area contributed by atoms with E-state index in [-0.39, 0.29) is 6.61 Å². The predicted molar refractivity (Wildman–Crippen MR) is 75.1 cm³/mol. The van der Waals surface area contributed by atoms with Crippen molar-refractivity contribution in [3.8, 4) is 5.75 Å². The van der Waals surface area contributed by atoms with Crippen LogP contribution in [0.25, 0.3) is 0 Å². The minimum atomic E-state index is -0.444. The van der Waals surface area contributed by atoms with Crippen molar-refractivity contribution < 1.29 is 9.53 Å². The maximum Gasteiger partial charge on any atom is 0.255 e. The van der Waals surface area contributed by atoms with Gasteiger partial charge in [0.25, 0.3) is 5.91 Å². The lowest BCUT2D eigenvalue weighted by molar-refractivity contribution is -0.119. The van der Waals surface area contributed by atoms with Gasteiger partial charge in [-0.25, -0.2) is 0 Å². The van der Waals surface area contributed by atoms with Crippen LogP contribution >= 0.6 is 0 Å². The van der Waals surface area contributed by atoms with Crippen molar-refractivity contribution in [2.24, 2.45) is 5.73 Å². The van der Waals surface area contributed by atoms with Gasteiger partial charge in [-0.3, -0.25) is 4.79 Å². The second-order valence-corrected chi connectivity index (χ2v) is 5.01. The number of hydrogen-bond donors (Lipinski definition) is 2. The number of nitrogens with one attached hydrogen (secondary N) is 1. The molecule has 1 aromatic carbocycles. The topological polar surface area (TPSA) is 64.3 Å². The van der Waals surface area contributed by atoms with Gasteiger partial charge in [-0.1, -0.05) is 13.0 Å². The number of nitrogens with two attached hydrogens (primary N) is 1. The van der Waals surface area contributed by atoms with Crippen LogP contribution in [0.1, 0.15) is 43.4 Å². The SMILES string of the molecule is CCCNC1CCCc2cc(OCC(N)=O)ccc21. The number of benzene rings is 1. The molecular formula is C15H22N2O2. The molecule has 1 amide bonds. The van der Waals surface area contributed by atoms with E-state index in [1.54, 1.807) is 0 Å². The number of hydrogen-bond acceptors (Lipinski definition) is 3. The van der Waals surface area contributed by atoms with Gasteiger partial charge in [0.1, 0.15) is 5.75 Å². The summed E-state index contributed by atoms with van der Waals surface area (Å²) in [5.74, 6) is 0.286. The van der Waals surface area contributed by atoms with Gasteiger partial charge in [-0.05, 0) is 55.5 Å². The highest BCUT2D eigenvalue weighted by molar-refractivity contribution is 5.75. The zero-order valence-corrected chi connectivity index (χ0v) is 11.4. The second-order valence-electron chi connectivity index (χ2n) is 5.01. The molecule has 0 fully saturated rings. The molecule has 1 aliphatic carbocycles. The number of ether oxygens (including phenoxy) is 1. The van der Waals surface area contributed by atoms with E-state index in [2.05, 4.69) is 18.3 Å². The van der Waals surface area contributed by atoms with Crippen molar-refractivity contribution in [3.05, 3.63) is 29.3 Å². The van der Waals surface area contributed by atoms with Crippen molar-refractivity contribution in [3.63, 3.8) is 0 Å². The first kappa shape index (κ1) is 13.9. The zero-order chi connectivity index (χ0) is 13.7. The monoisotopic (exact) mass is 262 g/mol. The maximum atomic E-state index is 10.7. The van der Waals surface area contributed by atoms with Gasteiger partial charge in [0.15, 0.2) is 6.61 Å². The molecule has 1 aromatic rings. The second kappa shape index (κ2) is 6.57. The Morgan fingerprint density at radius 3 is 3.11 bits per heavy atom. The van der Waals surface area contributed by atoms with Crippen LogP contribution in [-0.2, 0) is 11.2 Å². The molecular weight excluding hydrogens is 240 g/mol. The Morgan fingerprint density at radius 2 is 2.37 bits per heavy atom. The quantitative estimate of drug-likeness (QED) is 0.823. The molecule has 0 radical (unpaired) electrons. The molecule has 0 saturated carbocycles. The van der Waals surface area contributed by atoms with E-state index in [0.29, 0.717) is 6.04 Å². The molecule has 0 aromatic heterocycles. The summed E-state index contributed by atoms with van der Waals surface area (Å²) in [6, 6.07) is 6.53. The fraction of sp³-hybridized carbons (Fsp3) is 0.533. The summed E-state index contributed by atoms with van der Waals surface area (Å²) in [6.07, 6.45) is 4.60. The predicted octanol–water partition coefficient (Wildman–Crippen LogP) is 1.93. The molecule has 2 rings (SSSR count). The lowest BCUT2D eigenvalue weighted by Gasteiger charge is -2.27. The lowest BCUT2D eigenvalue weighted by atomic mass is 9.87. The van der Waals surface area contributed by atoms with Gasteiger partial charge >= 0.3 is 0 Å². The van der Waals surface area contributed by atoms with Crippen LogP contribution in [0.3, 0.4) is 0 Å². The highest BCUT2D eigenvalue weighted by Crippen LogP contribution is 2.32. The van der Waals surface area contributed by atoms with Gasteiger partial charge in [-0.15, -0.1) is 0 Å². The van der Waals surface area contributed by atoms with E-state index in [0.717, 1.165) is 25.1 Å². The van der Waals surface area contributed by atoms with Crippen molar-refractivity contribution in [2.45, 2.75) is 38.6 Å². The van der Waals surface area contributed by atoms with Crippen molar-refractivity contribution in [2.75, 3.05) is 13.2 Å². The summed E-state index contributed by atoms with van der Waals surface area (Å²) in [6.45, 7) is 3.16. The van der Waals surface area contributed by atoms with Gasteiger partial charge in [0, 0.05) is 6.04 Å². The van der Waals surface area contributed by atoms with Crippen LogP contribution in [-0.4, -0.2) is 19.1 Å². The molecule has 0 spiro atoms. The number of carbonyl (C=O) groups excluding carboxylic acids is 1. The Morgan fingerprint density at radius 1 is 1.53 bits per heavy atom. The zero-order valence-electron chi connectivity index (χ0n) is 11.4. The van der Waals surface area contributed by atoms with Crippen molar-refractivity contribution in [1.82, 2.24) is 5.32 Å². The fourth-order valence-corrected chi connectivity index (χ4v) is 2.57.